The molecule has 0 bridgehead atoms. The molecular formula is C11H15NO3S2. The van der Waals surface area contributed by atoms with Crippen LogP contribution in [-0.4, -0.2) is 43.2 Å². The molecule has 1 aromatic rings. The van der Waals surface area contributed by atoms with E-state index in [2.05, 4.69) is 4.74 Å². The molecule has 0 spiro atoms. The van der Waals surface area contributed by atoms with Gasteiger partial charge in [-0.25, -0.2) is 0 Å². The number of rotatable bonds is 6. The van der Waals surface area contributed by atoms with E-state index in [0.29, 0.717) is 5.75 Å². The highest BCUT2D eigenvalue weighted by Crippen LogP contribution is 2.17. The smallest absolute Gasteiger partial charge is 0.325 e. The molecule has 17 heavy (non-hydrogen) atoms. The van der Waals surface area contributed by atoms with Crippen molar-refractivity contribution < 1.29 is 14.3 Å². The topological polar surface area (TPSA) is 46.6 Å². The number of esters is 1. The van der Waals surface area contributed by atoms with Gasteiger partial charge in [-0.05, 0) is 11.4 Å². The molecule has 6 heteroatoms. The minimum Gasteiger partial charge on any atom is -0.468 e. The minimum atomic E-state index is -0.399. The van der Waals surface area contributed by atoms with Crippen molar-refractivity contribution in [3.05, 3.63) is 22.4 Å². The molecular weight excluding hydrogens is 258 g/mol. The second kappa shape index (κ2) is 7.34. The Morgan fingerprint density at radius 2 is 2.29 bits per heavy atom. The number of thiophene rings is 1. The molecule has 1 heterocycles. The van der Waals surface area contributed by atoms with Crippen LogP contribution < -0.4 is 0 Å². The number of carbonyl (C=O) groups is 2. The molecule has 1 rings (SSSR count). The number of carbonyl (C=O) groups excluding carboxylic acids is 2. The van der Waals surface area contributed by atoms with Crippen LogP contribution in [0, 0.1) is 0 Å². The van der Waals surface area contributed by atoms with Gasteiger partial charge in [0.05, 0.1) is 12.9 Å². The molecule has 0 aliphatic heterocycles. The van der Waals surface area contributed by atoms with Crippen molar-refractivity contribution in [2.75, 3.05) is 26.5 Å². The molecule has 0 N–H and O–H groups in total. The maximum absolute atomic E-state index is 11.6. The molecule has 0 aliphatic rings. The first kappa shape index (κ1) is 14.1. The van der Waals surface area contributed by atoms with Crippen LogP contribution in [0.2, 0.25) is 0 Å². The van der Waals surface area contributed by atoms with Gasteiger partial charge in [-0.2, -0.15) is 0 Å². The van der Waals surface area contributed by atoms with E-state index >= 15 is 0 Å². The van der Waals surface area contributed by atoms with E-state index in [1.165, 1.54) is 16.9 Å². The molecule has 0 aliphatic carbocycles. The summed E-state index contributed by atoms with van der Waals surface area (Å²) < 4.78 is 4.50. The van der Waals surface area contributed by atoms with Crippen molar-refractivity contribution in [2.24, 2.45) is 0 Å². The van der Waals surface area contributed by atoms with Gasteiger partial charge in [0.2, 0.25) is 5.91 Å². The average molecular weight is 273 g/mol. The van der Waals surface area contributed by atoms with Crippen LogP contribution in [0.4, 0.5) is 0 Å². The molecule has 0 unspecified atom stereocenters. The lowest BCUT2D eigenvalue weighted by Gasteiger charge is -2.14. The molecule has 0 fully saturated rings. The number of amides is 1. The predicted molar refractivity (Wildman–Crippen MR) is 70.1 cm³/mol. The Morgan fingerprint density at radius 3 is 2.88 bits per heavy atom. The zero-order valence-corrected chi connectivity index (χ0v) is 11.5. The average Bonchev–Trinajstić information content (AvgIpc) is 2.81. The molecule has 0 saturated carbocycles. The SMILES string of the molecule is COC(=O)CN(C)C(=O)CSCc1cccs1. The number of hydrogen-bond donors (Lipinski definition) is 0. The first-order chi connectivity index (χ1) is 8.13. The molecule has 4 nitrogen and oxygen atoms in total. The lowest BCUT2D eigenvalue weighted by Crippen LogP contribution is -2.33. The first-order valence-corrected chi connectivity index (χ1v) is 7.08. The van der Waals surface area contributed by atoms with E-state index in [1.807, 2.05) is 17.5 Å². The summed E-state index contributed by atoms with van der Waals surface area (Å²) in [5, 5.41) is 2.01. The summed E-state index contributed by atoms with van der Waals surface area (Å²) >= 11 is 3.23. The van der Waals surface area contributed by atoms with E-state index in [-0.39, 0.29) is 12.5 Å². The number of hydrogen-bond acceptors (Lipinski definition) is 5. The van der Waals surface area contributed by atoms with Crippen LogP contribution in [0.25, 0.3) is 0 Å². The van der Waals surface area contributed by atoms with Crippen LogP contribution >= 0.6 is 23.1 Å². The third kappa shape index (κ3) is 5.23. The molecule has 0 aromatic carbocycles. The number of methoxy groups -OCH3 is 1. The zero-order valence-electron chi connectivity index (χ0n) is 9.84. The Balaban J connectivity index is 2.22. The van der Waals surface area contributed by atoms with Crippen LogP contribution in [0.1, 0.15) is 4.88 Å². The number of ether oxygens (including phenoxy) is 1. The second-order valence-electron chi connectivity index (χ2n) is 3.40. The molecule has 94 valence electrons. The standard InChI is InChI=1S/C11H15NO3S2/c1-12(6-11(14)15-2)10(13)8-16-7-9-4-3-5-17-9/h3-5H,6-8H2,1-2H3. The van der Waals surface area contributed by atoms with Crippen molar-refractivity contribution in [1.29, 1.82) is 0 Å². The van der Waals surface area contributed by atoms with Gasteiger partial charge >= 0.3 is 5.97 Å². The highest BCUT2D eigenvalue weighted by molar-refractivity contribution is 7.99. The first-order valence-electron chi connectivity index (χ1n) is 5.04. The maximum Gasteiger partial charge on any atom is 0.325 e. The van der Waals surface area contributed by atoms with Gasteiger partial charge in [-0.3, -0.25) is 9.59 Å². The van der Waals surface area contributed by atoms with E-state index in [9.17, 15) is 9.59 Å². The molecule has 1 amide bonds. The number of thioether (sulfide) groups is 1. The van der Waals surface area contributed by atoms with Gasteiger partial charge in [-0.1, -0.05) is 6.07 Å². The summed E-state index contributed by atoms with van der Waals surface area (Å²) in [5.41, 5.74) is 0. The second-order valence-corrected chi connectivity index (χ2v) is 5.42. The third-order valence-electron chi connectivity index (χ3n) is 2.07. The summed E-state index contributed by atoms with van der Waals surface area (Å²) in [5.74, 6) is 0.752. The lowest BCUT2D eigenvalue weighted by molar-refractivity contribution is -0.145. The minimum absolute atomic E-state index is 0.00882. The van der Waals surface area contributed by atoms with Crippen LogP contribution in [0.3, 0.4) is 0 Å². The lowest BCUT2D eigenvalue weighted by atomic mass is 10.5. The molecule has 0 atom stereocenters. The van der Waals surface area contributed by atoms with Gasteiger partial charge in [0.25, 0.3) is 0 Å². The Labute approximate surface area is 109 Å². The molecule has 0 saturated heterocycles. The largest absolute Gasteiger partial charge is 0.468 e. The molecule has 0 radical (unpaired) electrons. The summed E-state index contributed by atoms with van der Waals surface area (Å²) in [6, 6.07) is 4.03. The Morgan fingerprint density at radius 1 is 1.53 bits per heavy atom. The molecule has 1 aromatic heterocycles. The summed E-state index contributed by atoms with van der Waals surface area (Å²) in [6.45, 7) is 0.00882. The normalized spacial score (nSPS) is 10.0. The number of likely N-dealkylation sites (N-methyl/N-ethyl adjacent to an activating group) is 1. The Kier molecular flexibility index (Phi) is 6.07. The summed E-state index contributed by atoms with van der Waals surface area (Å²) in [7, 11) is 2.91. The highest BCUT2D eigenvalue weighted by Gasteiger charge is 2.12. The van der Waals surface area contributed by atoms with E-state index in [4.69, 9.17) is 0 Å². The van der Waals surface area contributed by atoms with Gasteiger partial charge in [-0.15, -0.1) is 23.1 Å². The quantitative estimate of drug-likeness (QED) is 0.739. The van der Waals surface area contributed by atoms with E-state index in [0.717, 1.165) is 5.75 Å². The van der Waals surface area contributed by atoms with Crippen molar-refractivity contribution in [3.63, 3.8) is 0 Å². The van der Waals surface area contributed by atoms with Crippen molar-refractivity contribution in [3.8, 4) is 0 Å². The van der Waals surface area contributed by atoms with Gasteiger partial charge in [0, 0.05) is 17.7 Å². The number of nitrogens with zero attached hydrogens (tertiary/aromatic N) is 1. The fourth-order valence-corrected chi connectivity index (χ4v) is 2.90. The van der Waals surface area contributed by atoms with E-state index < -0.39 is 5.97 Å². The van der Waals surface area contributed by atoms with Crippen molar-refractivity contribution in [1.82, 2.24) is 4.90 Å². The highest BCUT2D eigenvalue weighted by atomic mass is 32.2. The van der Waals surface area contributed by atoms with Crippen molar-refractivity contribution in [2.45, 2.75) is 5.75 Å². The summed E-state index contributed by atoms with van der Waals surface area (Å²) in [6.07, 6.45) is 0. The van der Waals surface area contributed by atoms with Gasteiger partial charge < -0.3 is 9.64 Å². The Hall–Kier alpha value is -1.01. The fourth-order valence-electron chi connectivity index (χ4n) is 1.09. The van der Waals surface area contributed by atoms with Crippen molar-refractivity contribution >= 4 is 35.0 Å². The van der Waals surface area contributed by atoms with Crippen LogP contribution in [0.15, 0.2) is 17.5 Å². The van der Waals surface area contributed by atoms with Crippen LogP contribution in [0.5, 0.6) is 0 Å². The maximum atomic E-state index is 11.6. The zero-order chi connectivity index (χ0) is 12.7. The predicted octanol–water partition coefficient (Wildman–Crippen LogP) is 1.61. The van der Waals surface area contributed by atoms with Crippen LogP contribution in [-0.2, 0) is 20.1 Å². The Bertz CT molecular complexity index is 365. The summed E-state index contributed by atoms with van der Waals surface area (Å²) in [4.78, 5) is 25.2. The third-order valence-corrected chi connectivity index (χ3v) is 4.09. The monoisotopic (exact) mass is 273 g/mol. The fraction of sp³-hybridized carbons (Fsp3) is 0.455. The van der Waals surface area contributed by atoms with E-state index in [1.54, 1.807) is 30.1 Å². The van der Waals surface area contributed by atoms with Gasteiger partial charge in [0.15, 0.2) is 0 Å². The van der Waals surface area contributed by atoms with Gasteiger partial charge in [0.1, 0.15) is 6.54 Å².